The lowest BCUT2D eigenvalue weighted by Gasteiger charge is -2.33. The monoisotopic (exact) mass is 333 g/mol. The van der Waals surface area contributed by atoms with Crippen molar-refractivity contribution in [3.63, 3.8) is 0 Å². The van der Waals surface area contributed by atoms with Gasteiger partial charge in [0.1, 0.15) is 5.82 Å². The second kappa shape index (κ2) is 7.30. The first-order valence-electron chi connectivity index (χ1n) is 8.52. The molecular formula is C18H24FN3O2. The van der Waals surface area contributed by atoms with E-state index in [9.17, 15) is 14.0 Å². The van der Waals surface area contributed by atoms with Crippen molar-refractivity contribution >= 4 is 11.8 Å². The number of carbonyl (C=O) groups is 2. The molecular weight excluding hydrogens is 309 g/mol. The standard InChI is InChI=1S/C18H24FN3O2/c1-20-8-10-21(11-9-20)18(24)15-12-17(23)22(13-15)7-6-14-2-4-16(19)5-3-14/h2-5,15H,6-13H2,1H3/t15-/m1/s1. The molecule has 0 saturated carbocycles. The van der Waals surface area contributed by atoms with Crippen molar-refractivity contribution in [3.05, 3.63) is 35.6 Å². The molecule has 1 atom stereocenters. The van der Waals surface area contributed by atoms with Gasteiger partial charge in [0.05, 0.1) is 5.92 Å². The van der Waals surface area contributed by atoms with Crippen LogP contribution in [0, 0.1) is 11.7 Å². The fraction of sp³-hybridized carbons (Fsp3) is 0.556. The minimum absolute atomic E-state index is 0.0459. The lowest BCUT2D eigenvalue weighted by Crippen LogP contribution is -2.49. The van der Waals surface area contributed by atoms with Gasteiger partial charge in [0.15, 0.2) is 0 Å². The number of benzene rings is 1. The summed E-state index contributed by atoms with van der Waals surface area (Å²) >= 11 is 0. The molecule has 2 saturated heterocycles. The van der Waals surface area contributed by atoms with Crippen LogP contribution < -0.4 is 0 Å². The normalized spacial score (nSPS) is 22.2. The topological polar surface area (TPSA) is 43.9 Å². The van der Waals surface area contributed by atoms with E-state index in [0.717, 1.165) is 31.7 Å². The Morgan fingerprint density at radius 3 is 2.50 bits per heavy atom. The molecule has 0 radical (unpaired) electrons. The van der Waals surface area contributed by atoms with Gasteiger partial charge in [0, 0.05) is 45.7 Å². The van der Waals surface area contributed by atoms with Crippen molar-refractivity contribution in [1.29, 1.82) is 0 Å². The van der Waals surface area contributed by atoms with Crippen molar-refractivity contribution in [3.8, 4) is 0 Å². The first kappa shape index (κ1) is 16.9. The van der Waals surface area contributed by atoms with Crippen molar-refractivity contribution in [1.82, 2.24) is 14.7 Å². The fourth-order valence-electron chi connectivity index (χ4n) is 3.35. The highest BCUT2D eigenvalue weighted by molar-refractivity contribution is 5.89. The Bertz CT molecular complexity index is 597. The van der Waals surface area contributed by atoms with E-state index in [1.807, 2.05) is 4.90 Å². The minimum Gasteiger partial charge on any atom is -0.342 e. The molecule has 1 aromatic carbocycles. The van der Waals surface area contributed by atoms with Crippen molar-refractivity contribution in [2.24, 2.45) is 5.92 Å². The zero-order chi connectivity index (χ0) is 17.1. The van der Waals surface area contributed by atoms with Gasteiger partial charge in [0.2, 0.25) is 11.8 Å². The molecule has 2 aliphatic heterocycles. The van der Waals surface area contributed by atoms with Gasteiger partial charge in [-0.1, -0.05) is 12.1 Å². The summed E-state index contributed by atoms with van der Waals surface area (Å²) in [5.41, 5.74) is 0.998. The van der Waals surface area contributed by atoms with Crippen LogP contribution in [0.2, 0.25) is 0 Å². The summed E-state index contributed by atoms with van der Waals surface area (Å²) in [5.74, 6) is -0.312. The summed E-state index contributed by atoms with van der Waals surface area (Å²) in [4.78, 5) is 30.6. The van der Waals surface area contributed by atoms with Crippen molar-refractivity contribution in [2.45, 2.75) is 12.8 Å². The Balaban J connectivity index is 1.51. The first-order valence-corrected chi connectivity index (χ1v) is 8.52. The molecule has 0 aromatic heterocycles. The number of nitrogens with zero attached hydrogens (tertiary/aromatic N) is 3. The summed E-state index contributed by atoms with van der Waals surface area (Å²) in [6.45, 7) is 4.36. The van der Waals surface area contributed by atoms with Gasteiger partial charge in [-0.25, -0.2) is 4.39 Å². The second-order valence-electron chi connectivity index (χ2n) is 6.75. The molecule has 0 N–H and O–H groups in total. The summed E-state index contributed by atoms with van der Waals surface area (Å²) < 4.78 is 12.9. The number of amides is 2. The Morgan fingerprint density at radius 2 is 1.83 bits per heavy atom. The van der Waals surface area contributed by atoms with E-state index in [0.29, 0.717) is 25.9 Å². The molecule has 6 heteroatoms. The largest absolute Gasteiger partial charge is 0.342 e. The summed E-state index contributed by atoms with van der Waals surface area (Å²) in [7, 11) is 2.05. The molecule has 24 heavy (non-hydrogen) atoms. The maximum absolute atomic E-state index is 12.9. The maximum Gasteiger partial charge on any atom is 0.228 e. The maximum atomic E-state index is 12.9. The molecule has 2 aliphatic rings. The average Bonchev–Trinajstić information content (AvgIpc) is 2.95. The number of hydrogen-bond acceptors (Lipinski definition) is 3. The predicted molar refractivity (Wildman–Crippen MR) is 88.9 cm³/mol. The lowest BCUT2D eigenvalue weighted by molar-refractivity contribution is -0.137. The fourth-order valence-corrected chi connectivity index (χ4v) is 3.35. The van der Waals surface area contributed by atoms with Gasteiger partial charge in [-0.15, -0.1) is 0 Å². The van der Waals surface area contributed by atoms with Crippen LogP contribution in [0.1, 0.15) is 12.0 Å². The molecule has 0 bridgehead atoms. The van der Waals surface area contributed by atoms with E-state index in [-0.39, 0.29) is 23.5 Å². The zero-order valence-electron chi connectivity index (χ0n) is 14.1. The van der Waals surface area contributed by atoms with Gasteiger partial charge in [-0.05, 0) is 31.2 Å². The Morgan fingerprint density at radius 1 is 1.17 bits per heavy atom. The summed E-state index contributed by atoms with van der Waals surface area (Å²) in [6, 6.07) is 6.34. The molecule has 2 fully saturated rings. The van der Waals surface area contributed by atoms with Crippen LogP contribution in [0.4, 0.5) is 4.39 Å². The van der Waals surface area contributed by atoms with Crippen molar-refractivity contribution in [2.75, 3.05) is 46.3 Å². The van der Waals surface area contributed by atoms with Crippen LogP contribution in [0.25, 0.3) is 0 Å². The Hall–Kier alpha value is -1.95. The van der Waals surface area contributed by atoms with Gasteiger partial charge < -0.3 is 14.7 Å². The number of rotatable bonds is 4. The van der Waals surface area contributed by atoms with Crippen molar-refractivity contribution < 1.29 is 14.0 Å². The molecule has 0 spiro atoms. The van der Waals surface area contributed by atoms with Crippen LogP contribution in [-0.2, 0) is 16.0 Å². The van der Waals surface area contributed by atoms with E-state index < -0.39 is 0 Å². The van der Waals surface area contributed by atoms with E-state index in [1.165, 1.54) is 12.1 Å². The Kier molecular flexibility index (Phi) is 5.14. The molecule has 0 aliphatic carbocycles. The first-order chi connectivity index (χ1) is 11.5. The zero-order valence-corrected chi connectivity index (χ0v) is 14.1. The minimum atomic E-state index is -0.256. The average molecular weight is 333 g/mol. The lowest BCUT2D eigenvalue weighted by atomic mass is 10.1. The third-order valence-electron chi connectivity index (χ3n) is 4.96. The molecule has 1 aromatic rings. The number of halogens is 1. The SMILES string of the molecule is CN1CCN(C(=O)[C@@H]2CC(=O)N(CCc3ccc(F)cc3)C2)CC1. The van der Waals surface area contributed by atoms with Crippen LogP contribution in [0.3, 0.4) is 0 Å². The molecule has 3 rings (SSSR count). The van der Waals surface area contributed by atoms with E-state index in [2.05, 4.69) is 11.9 Å². The highest BCUT2D eigenvalue weighted by Gasteiger charge is 2.36. The van der Waals surface area contributed by atoms with Gasteiger partial charge in [-0.3, -0.25) is 9.59 Å². The summed E-state index contributed by atoms with van der Waals surface area (Å²) in [6.07, 6.45) is 0.996. The van der Waals surface area contributed by atoms with Crippen LogP contribution in [0.15, 0.2) is 24.3 Å². The van der Waals surface area contributed by atoms with Gasteiger partial charge >= 0.3 is 0 Å². The Labute approximate surface area is 142 Å². The highest BCUT2D eigenvalue weighted by atomic mass is 19.1. The molecule has 0 unspecified atom stereocenters. The molecule has 2 amide bonds. The van der Waals surface area contributed by atoms with Crippen LogP contribution >= 0.6 is 0 Å². The van der Waals surface area contributed by atoms with E-state index >= 15 is 0 Å². The van der Waals surface area contributed by atoms with Crippen LogP contribution in [0.5, 0.6) is 0 Å². The second-order valence-corrected chi connectivity index (χ2v) is 6.75. The van der Waals surface area contributed by atoms with E-state index in [1.54, 1.807) is 17.0 Å². The molecule has 130 valence electrons. The number of hydrogen-bond donors (Lipinski definition) is 0. The molecule has 5 nitrogen and oxygen atoms in total. The quantitative estimate of drug-likeness (QED) is 0.825. The number of carbonyl (C=O) groups excluding carboxylic acids is 2. The highest BCUT2D eigenvalue weighted by Crippen LogP contribution is 2.21. The predicted octanol–water partition coefficient (Wildman–Crippen LogP) is 0.991. The van der Waals surface area contributed by atoms with Gasteiger partial charge in [0.25, 0.3) is 0 Å². The number of piperazine rings is 1. The van der Waals surface area contributed by atoms with E-state index in [4.69, 9.17) is 0 Å². The number of likely N-dealkylation sites (tertiary alicyclic amines) is 1. The smallest absolute Gasteiger partial charge is 0.228 e. The third kappa shape index (κ3) is 3.93. The third-order valence-corrected chi connectivity index (χ3v) is 4.96. The van der Waals surface area contributed by atoms with Crippen LogP contribution in [-0.4, -0.2) is 72.8 Å². The number of likely N-dealkylation sites (N-methyl/N-ethyl adjacent to an activating group) is 1. The molecule has 2 heterocycles. The van der Waals surface area contributed by atoms with Gasteiger partial charge in [-0.2, -0.15) is 0 Å². The summed E-state index contributed by atoms with van der Waals surface area (Å²) in [5, 5.41) is 0.